The third-order valence-electron chi connectivity index (χ3n) is 5.04. The van der Waals surface area contributed by atoms with Crippen LogP contribution in [0, 0.1) is 6.92 Å². The van der Waals surface area contributed by atoms with Gasteiger partial charge in [-0.05, 0) is 41.8 Å². The molecule has 0 amide bonds. The first-order valence-electron chi connectivity index (χ1n) is 9.78. The van der Waals surface area contributed by atoms with Crippen LogP contribution in [0.15, 0.2) is 73.1 Å². The summed E-state index contributed by atoms with van der Waals surface area (Å²) in [6.45, 7) is 2.87. The van der Waals surface area contributed by atoms with Crippen LogP contribution in [0.2, 0.25) is 0 Å². The monoisotopic (exact) mass is 383 g/mol. The average Bonchev–Trinajstić information content (AvgIpc) is 3.16. The molecule has 0 spiro atoms. The molecule has 2 aromatic heterocycles. The summed E-state index contributed by atoms with van der Waals surface area (Å²) in [5, 5.41) is 9.04. The maximum atomic E-state index is 9.04. The number of pyridine rings is 1. The van der Waals surface area contributed by atoms with Crippen molar-refractivity contribution in [2.24, 2.45) is 0 Å². The number of anilines is 1. The zero-order valence-corrected chi connectivity index (χ0v) is 16.8. The smallest absolute Gasteiger partial charge is 0.137 e. The van der Waals surface area contributed by atoms with E-state index in [1.807, 2.05) is 18.0 Å². The SMILES string of the molecule is Cc1ccc2nc(-c3ccc(/C=C/c4ccc(N(C)CCO)cc4)cc3)cn2c1. The molecule has 29 heavy (non-hydrogen) atoms. The molecule has 0 radical (unpaired) electrons. The van der Waals surface area contributed by atoms with Gasteiger partial charge < -0.3 is 14.4 Å². The number of likely N-dealkylation sites (N-methyl/N-ethyl adjacent to an activating group) is 1. The quantitative estimate of drug-likeness (QED) is 0.481. The highest BCUT2D eigenvalue weighted by molar-refractivity contribution is 5.72. The van der Waals surface area contributed by atoms with Gasteiger partial charge in [0.05, 0.1) is 12.3 Å². The lowest BCUT2D eigenvalue weighted by atomic mass is 10.1. The van der Waals surface area contributed by atoms with Crippen LogP contribution in [0.1, 0.15) is 16.7 Å². The van der Waals surface area contributed by atoms with Gasteiger partial charge in [-0.1, -0.05) is 54.6 Å². The standard InChI is InChI=1S/C25H25N3O/c1-19-3-14-25-26-24(18-28(25)17-19)22-10-6-20(7-11-22)4-5-21-8-12-23(13-9-21)27(2)15-16-29/h3-14,17-18,29H,15-16H2,1-2H3/b5-4+. The van der Waals surface area contributed by atoms with Crippen molar-refractivity contribution in [2.75, 3.05) is 25.1 Å². The Morgan fingerprint density at radius 3 is 2.21 bits per heavy atom. The van der Waals surface area contributed by atoms with E-state index >= 15 is 0 Å². The van der Waals surface area contributed by atoms with Crippen molar-refractivity contribution in [3.8, 4) is 11.3 Å². The largest absolute Gasteiger partial charge is 0.395 e. The Kier molecular flexibility index (Phi) is 5.45. The van der Waals surface area contributed by atoms with E-state index in [1.54, 1.807) is 0 Å². The maximum absolute atomic E-state index is 9.04. The third kappa shape index (κ3) is 4.39. The first kappa shape index (κ1) is 19.0. The number of aromatic nitrogens is 2. The molecule has 1 N–H and O–H groups in total. The van der Waals surface area contributed by atoms with Crippen LogP contribution in [0.4, 0.5) is 5.69 Å². The maximum Gasteiger partial charge on any atom is 0.137 e. The molecule has 146 valence electrons. The summed E-state index contributed by atoms with van der Waals surface area (Å²) in [4.78, 5) is 6.74. The molecule has 0 saturated carbocycles. The van der Waals surface area contributed by atoms with Crippen LogP contribution in [-0.2, 0) is 0 Å². The molecule has 4 nitrogen and oxygen atoms in total. The summed E-state index contributed by atoms with van der Waals surface area (Å²) in [5.74, 6) is 0. The first-order chi connectivity index (χ1) is 14.1. The van der Waals surface area contributed by atoms with Gasteiger partial charge in [0.25, 0.3) is 0 Å². The van der Waals surface area contributed by atoms with Crippen molar-refractivity contribution >= 4 is 23.5 Å². The Balaban J connectivity index is 1.47. The molecule has 2 aromatic carbocycles. The number of hydrogen-bond donors (Lipinski definition) is 1. The predicted molar refractivity (Wildman–Crippen MR) is 121 cm³/mol. The van der Waals surface area contributed by atoms with Crippen molar-refractivity contribution in [1.29, 1.82) is 0 Å². The predicted octanol–water partition coefficient (Wildman–Crippen LogP) is 4.91. The molecule has 4 heteroatoms. The van der Waals surface area contributed by atoms with Crippen LogP contribution in [-0.4, -0.2) is 34.7 Å². The first-order valence-corrected chi connectivity index (χ1v) is 9.78. The van der Waals surface area contributed by atoms with Gasteiger partial charge >= 0.3 is 0 Å². The Labute approximate surface area is 171 Å². The van der Waals surface area contributed by atoms with E-state index < -0.39 is 0 Å². The number of aliphatic hydroxyl groups excluding tert-OH is 1. The summed E-state index contributed by atoms with van der Waals surface area (Å²) < 4.78 is 2.07. The number of nitrogens with zero attached hydrogens (tertiary/aromatic N) is 3. The second-order valence-electron chi connectivity index (χ2n) is 7.29. The van der Waals surface area contributed by atoms with E-state index in [9.17, 15) is 0 Å². The molecule has 2 heterocycles. The van der Waals surface area contributed by atoms with E-state index in [0.717, 1.165) is 33.7 Å². The third-order valence-corrected chi connectivity index (χ3v) is 5.04. The molecule has 0 bridgehead atoms. The van der Waals surface area contributed by atoms with Crippen molar-refractivity contribution in [2.45, 2.75) is 6.92 Å². The Morgan fingerprint density at radius 2 is 1.55 bits per heavy atom. The van der Waals surface area contributed by atoms with Crippen LogP contribution < -0.4 is 4.90 Å². The number of imidazole rings is 1. The molecule has 0 fully saturated rings. The summed E-state index contributed by atoms with van der Waals surface area (Å²) >= 11 is 0. The fourth-order valence-corrected chi connectivity index (χ4v) is 3.32. The lowest BCUT2D eigenvalue weighted by Gasteiger charge is -2.17. The topological polar surface area (TPSA) is 40.8 Å². The summed E-state index contributed by atoms with van der Waals surface area (Å²) in [6.07, 6.45) is 8.39. The summed E-state index contributed by atoms with van der Waals surface area (Å²) in [7, 11) is 1.98. The van der Waals surface area contributed by atoms with Gasteiger partial charge in [-0.2, -0.15) is 0 Å². The molecular formula is C25H25N3O. The molecule has 0 atom stereocenters. The zero-order chi connectivity index (χ0) is 20.2. The van der Waals surface area contributed by atoms with Gasteiger partial charge in [0.15, 0.2) is 0 Å². The van der Waals surface area contributed by atoms with Crippen LogP contribution in [0.3, 0.4) is 0 Å². The van der Waals surface area contributed by atoms with Gasteiger partial charge in [-0.15, -0.1) is 0 Å². The van der Waals surface area contributed by atoms with E-state index in [-0.39, 0.29) is 6.61 Å². The summed E-state index contributed by atoms with van der Waals surface area (Å²) in [5.41, 5.74) is 7.66. The molecule has 0 unspecified atom stereocenters. The van der Waals surface area contributed by atoms with Crippen molar-refractivity contribution in [3.05, 3.63) is 89.7 Å². The summed E-state index contributed by atoms with van der Waals surface area (Å²) in [6, 6.07) is 20.9. The van der Waals surface area contributed by atoms with Gasteiger partial charge in [0, 0.05) is 37.2 Å². The Hall–Kier alpha value is -3.37. The number of aliphatic hydroxyl groups is 1. The van der Waals surface area contributed by atoms with E-state index in [4.69, 9.17) is 10.1 Å². The molecule has 0 aliphatic carbocycles. The fraction of sp³-hybridized carbons (Fsp3) is 0.160. The van der Waals surface area contributed by atoms with Crippen molar-refractivity contribution in [3.63, 3.8) is 0 Å². The molecular weight excluding hydrogens is 358 g/mol. The minimum absolute atomic E-state index is 0.156. The van der Waals surface area contributed by atoms with Crippen LogP contribution in [0.5, 0.6) is 0 Å². The van der Waals surface area contributed by atoms with E-state index in [2.05, 4.69) is 90.5 Å². The van der Waals surface area contributed by atoms with Crippen LogP contribution in [0.25, 0.3) is 29.1 Å². The van der Waals surface area contributed by atoms with E-state index in [1.165, 1.54) is 5.56 Å². The highest BCUT2D eigenvalue weighted by Gasteiger charge is 2.04. The van der Waals surface area contributed by atoms with Crippen LogP contribution >= 0.6 is 0 Å². The number of fused-ring (bicyclic) bond motifs is 1. The second-order valence-corrected chi connectivity index (χ2v) is 7.29. The van der Waals surface area contributed by atoms with E-state index in [0.29, 0.717) is 6.54 Å². The molecule has 0 aliphatic heterocycles. The number of aryl methyl sites for hydroxylation is 1. The highest BCUT2D eigenvalue weighted by Crippen LogP contribution is 2.21. The lowest BCUT2D eigenvalue weighted by molar-refractivity contribution is 0.304. The molecule has 0 saturated heterocycles. The van der Waals surface area contributed by atoms with Gasteiger partial charge in [-0.25, -0.2) is 4.98 Å². The Bertz CT molecular complexity index is 1130. The van der Waals surface area contributed by atoms with Gasteiger partial charge in [0.1, 0.15) is 5.65 Å². The molecule has 4 aromatic rings. The van der Waals surface area contributed by atoms with Gasteiger partial charge in [0.2, 0.25) is 0 Å². The number of rotatable bonds is 6. The minimum Gasteiger partial charge on any atom is -0.395 e. The van der Waals surface area contributed by atoms with Crippen molar-refractivity contribution < 1.29 is 5.11 Å². The fourth-order valence-electron chi connectivity index (χ4n) is 3.32. The molecule has 0 aliphatic rings. The zero-order valence-electron chi connectivity index (χ0n) is 16.8. The Morgan fingerprint density at radius 1 is 0.897 bits per heavy atom. The molecule has 4 rings (SSSR count). The average molecular weight is 383 g/mol. The minimum atomic E-state index is 0.156. The number of benzene rings is 2. The van der Waals surface area contributed by atoms with Crippen molar-refractivity contribution in [1.82, 2.24) is 9.38 Å². The second kappa shape index (κ2) is 8.33. The highest BCUT2D eigenvalue weighted by atomic mass is 16.3. The normalized spacial score (nSPS) is 11.4. The number of hydrogen-bond acceptors (Lipinski definition) is 3. The lowest BCUT2D eigenvalue weighted by Crippen LogP contribution is -2.20. The van der Waals surface area contributed by atoms with Gasteiger partial charge in [-0.3, -0.25) is 0 Å².